The Bertz CT molecular complexity index is 1120. The lowest BCUT2D eigenvalue weighted by atomic mass is 10.0. The zero-order valence-corrected chi connectivity index (χ0v) is 16.3. The minimum atomic E-state index is -2.70. The van der Waals surface area contributed by atoms with Crippen molar-refractivity contribution in [3.8, 4) is 17.0 Å². The predicted octanol–water partition coefficient (Wildman–Crippen LogP) is 3.12. The smallest absolute Gasteiger partial charge is 0.272 e. The van der Waals surface area contributed by atoms with Crippen molar-refractivity contribution in [2.75, 3.05) is 6.61 Å². The van der Waals surface area contributed by atoms with E-state index < -0.39 is 24.8 Å². The van der Waals surface area contributed by atoms with Crippen molar-refractivity contribution in [3.63, 3.8) is 0 Å². The molecule has 156 valence electrons. The molecule has 0 fully saturated rings. The number of halogens is 3. The normalized spacial score (nSPS) is 13.3. The lowest BCUT2D eigenvalue weighted by molar-refractivity contribution is 0.0718. The summed E-state index contributed by atoms with van der Waals surface area (Å²) in [6, 6.07) is 4.80. The van der Waals surface area contributed by atoms with Gasteiger partial charge in [-0.05, 0) is 18.6 Å². The molecule has 3 heterocycles. The summed E-state index contributed by atoms with van der Waals surface area (Å²) in [6.07, 6.45) is 0.269. The number of ether oxygens (including phenoxy) is 1. The zero-order valence-electron chi connectivity index (χ0n) is 16.3. The maximum atomic E-state index is 14.8. The molecule has 1 aliphatic rings. The first-order valence-corrected chi connectivity index (χ1v) is 9.16. The van der Waals surface area contributed by atoms with Crippen molar-refractivity contribution in [2.24, 2.45) is 7.05 Å². The molecule has 2 aromatic heterocycles. The van der Waals surface area contributed by atoms with E-state index in [1.54, 1.807) is 23.9 Å². The van der Waals surface area contributed by atoms with Crippen LogP contribution in [-0.2, 0) is 20.1 Å². The molecule has 1 amide bonds. The fraction of sp³-hybridized carbons (Fsp3) is 0.300. The Morgan fingerprint density at radius 3 is 2.73 bits per heavy atom. The van der Waals surface area contributed by atoms with Crippen LogP contribution in [0.2, 0.25) is 0 Å². The largest absolute Gasteiger partial charge is 0.471 e. The van der Waals surface area contributed by atoms with Gasteiger partial charge in [0.15, 0.2) is 6.61 Å². The molecule has 1 aromatic carbocycles. The lowest BCUT2D eigenvalue weighted by Gasteiger charge is -2.16. The second kappa shape index (κ2) is 7.77. The highest BCUT2D eigenvalue weighted by molar-refractivity contribution is 5.99. The van der Waals surface area contributed by atoms with Crippen LogP contribution in [-0.4, -0.2) is 43.6 Å². The van der Waals surface area contributed by atoms with Crippen molar-refractivity contribution in [1.29, 1.82) is 0 Å². The van der Waals surface area contributed by atoms with Crippen LogP contribution in [0.5, 0.6) is 5.88 Å². The predicted molar refractivity (Wildman–Crippen MR) is 100 cm³/mol. The molecular weight excluding hydrogens is 399 g/mol. The van der Waals surface area contributed by atoms with Crippen LogP contribution in [0.15, 0.2) is 30.7 Å². The first kappa shape index (κ1) is 19.9. The average Bonchev–Trinajstić information content (AvgIpc) is 3.20. The third kappa shape index (κ3) is 3.72. The number of alkyl halides is 2. The molecule has 3 aromatic rings. The summed E-state index contributed by atoms with van der Waals surface area (Å²) in [6.45, 7) is 1.09. The number of rotatable bonds is 6. The summed E-state index contributed by atoms with van der Waals surface area (Å²) in [5, 5.41) is 4.26. The molecule has 7 nitrogen and oxygen atoms in total. The molecule has 0 unspecified atom stereocenters. The molecule has 1 aliphatic heterocycles. The van der Waals surface area contributed by atoms with Gasteiger partial charge in [0, 0.05) is 30.9 Å². The van der Waals surface area contributed by atoms with Gasteiger partial charge in [-0.15, -0.1) is 0 Å². The summed E-state index contributed by atoms with van der Waals surface area (Å²) in [5.41, 5.74) is 3.02. The molecule has 0 radical (unpaired) electrons. The number of aryl methyl sites for hydroxylation is 2. The van der Waals surface area contributed by atoms with Crippen LogP contribution in [0.4, 0.5) is 13.2 Å². The lowest BCUT2D eigenvalue weighted by Crippen LogP contribution is -2.24. The van der Waals surface area contributed by atoms with Crippen LogP contribution < -0.4 is 4.74 Å². The molecule has 10 heteroatoms. The first-order valence-electron chi connectivity index (χ1n) is 9.16. The van der Waals surface area contributed by atoms with Crippen LogP contribution in [0.1, 0.15) is 27.3 Å². The SMILES string of the molecule is Cc1nn(C)cc1-c1ccc(CN2Cc3ncnc(OCC(F)F)c3C2=O)c(F)c1. The number of hydrogen-bond donors (Lipinski definition) is 0. The van der Waals surface area contributed by atoms with Crippen molar-refractivity contribution in [3.05, 3.63) is 59.1 Å². The van der Waals surface area contributed by atoms with E-state index in [4.69, 9.17) is 4.74 Å². The molecule has 0 N–H and O–H groups in total. The number of carbonyl (C=O) groups excluding carboxylic acids is 1. The Morgan fingerprint density at radius 2 is 2.07 bits per heavy atom. The molecule has 4 rings (SSSR count). The summed E-state index contributed by atoms with van der Waals surface area (Å²) in [4.78, 5) is 22.0. The summed E-state index contributed by atoms with van der Waals surface area (Å²) in [7, 11) is 1.79. The zero-order chi connectivity index (χ0) is 21.4. The second-order valence-corrected chi connectivity index (χ2v) is 6.97. The van der Waals surface area contributed by atoms with Gasteiger partial charge in [0.25, 0.3) is 12.3 Å². The van der Waals surface area contributed by atoms with Gasteiger partial charge >= 0.3 is 0 Å². The molecule has 0 spiro atoms. The Kier molecular flexibility index (Phi) is 5.15. The van der Waals surface area contributed by atoms with Gasteiger partial charge in [0.2, 0.25) is 5.88 Å². The summed E-state index contributed by atoms with van der Waals surface area (Å²) < 4.78 is 46.3. The Labute approximate surface area is 170 Å². The highest BCUT2D eigenvalue weighted by atomic mass is 19.3. The van der Waals surface area contributed by atoms with Gasteiger partial charge in [-0.3, -0.25) is 9.48 Å². The number of aromatic nitrogens is 4. The number of hydrogen-bond acceptors (Lipinski definition) is 5. The van der Waals surface area contributed by atoms with Gasteiger partial charge in [-0.25, -0.2) is 23.1 Å². The number of carbonyl (C=O) groups is 1. The van der Waals surface area contributed by atoms with E-state index in [-0.39, 0.29) is 24.5 Å². The van der Waals surface area contributed by atoms with E-state index in [2.05, 4.69) is 15.1 Å². The van der Waals surface area contributed by atoms with Gasteiger partial charge in [-0.1, -0.05) is 12.1 Å². The highest BCUT2D eigenvalue weighted by Crippen LogP contribution is 2.30. The van der Waals surface area contributed by atoms with Crippen molar-refractivity contribution >= 4 is 5.91 Å². The molecule has 30 heavy (non-hydrogen) atoms. The Morgan fingerprint density at radius 1 is 1.27 bits per heavy atom. The molecular formula is C20H18F3N5O2. The summed E-state index contributed by atoms with van der Waals surface area (Å²) in [5.74, 6) is -1.13. The Balaban J connectivity index is 1.54. The fourth-order valence-electron chi connectivity index (χ4n) is 3.46. The van der Waals surface area contributed by atoms with Crippen LogP contribution in [0.25, 0.3) is 11.1 Å². The Hall–Kier alpha value is -3.43. The molecule has 0 aliphatic carbocycles. The molecule has 0 atom stereocenters. The first-order chi connectivity index (χ1) is 14.3. The van der Waals surface area contributed by atoms with Gasteiger partial charge in [-0.2, -0.15) is 5.10 Å². The van der Waals surface area contributed by atoms with E-state index >= 15 is 0 Å². The number of benzene rings is 1. The minimum Gasteiger partial charge on any atom is -0.471 e. The van der Waals surface area contributed by atoms with E-state index in [0.29, 0.717) is 16.8 Å². The highest BCUT2D eigenvalue weighted by Gasteiger charge is 2.33. The van der Waals surface area contributed by atoms with E-state index in [9.17, 15) is 18.0 Å². The third-order valence-corrected chi connectivity index (χ3v) is 4.82. The number of fused-ring (bicyclic) bond motifs is 1. The van der Waals surface area contributed by atoms with E-state index in [0.717, 1.165) is 17.6 Å². The van der Waals surface area contributed by atoms with Gasteiger partial charge in [0.05, 0.1) is 17.9 Å². The standard InChI is InChI=1S/C20H18F3N5O2/c1-11-14(7-27(2)26-11)12-3-4-13(15(21)5-12)6-28-8-16-18(20(28)29)19(25-10-24-16)30-9-17(22)23/h3-5,7,10,17H,6,8-9H2,1-2H3. The van der Waals surface area contributed by atoms with Crippen molar-refractivity contribution < 1.29 is 22.7 Å². The van der Waals surface area contributed by atoms with Gasteiger partial charge in [0.1, 0.15) is 17.7 Å². The van der Waals surface area contributed by atoms with Crippen LogP contribution in [0.3, 0.4) is 0 Å². The molecule has 0 bridgehead atoms. The fourth-order valence-corrected chi connectivity index (χ4v) is 3.46. The topological polar surface area (TPSA) is 73.1 Å². The molecule has 0 saturated heterocycles. The monoisotopic (exact) mass is 417 g/mol. The van der Waals surface area contributed by atoms with Crippen LogP contribution in [0, 0.1) is 12.7 Å². The maximum Gasteiger partial charge on any atom is 0.272 e. The number of nitrogens with zero attached hydrogens (tertiary/aromatic N) is 5. The van der Waals surface area contributed by atoms with E-state index in [1.165, 1.54) is 11.0 Å². The summed E-state index contributed by atoms with van der Waals surface area (Å²) >= 11 is 0. The second-order valence-electron chi connectivity index (χ2n) is 6.97. The quantitative estimate of drug-likeness (QED) is 0.616. The van der Waals surface area contributed by atoms with Crippen molar-refractivity contribution in [1.82, 2.24) is 24.6 Å². The minimum absolute atomic E-state index is 0.00160. The third-order valence-electron chi connectivity index (χ3n) is 4.82. The molecule has 0 saturated carbocycles. The van der Waals surface area contributed by atoms with Crippen molar-refractivity contribution in [2.45, 2.75) is 26.4 Å². The maximum absolute atomic E-state index is 14.8. The van der Waals surface area contributed by atoms with Crippen LogP contribution >= 0.6 is 0 Å². The van der Waals surface area contributed by atoms with Gasteiger partial charge < -0.3 is 9.64 Å². The van der Waals surface area contributed by atoms with E-state index in [1.807, 2.05) is 13.1 Å². The number of amides is 1. The average molecular weight is 417 g/mol.